The average Bonchev–Trinajstić information content (AvgIpc) is 2.63. The van der Waals surface area contributed by atoms with Gasteiger partial charge >= 0.3 is 18.5 Å². The molecule has 0 aromatic heterocycles. The fraction of sp³-hybridized carbons (Fsp3) is 0.727. The van der Waals surface area contributed by atoms with E-state index in [-0.39, 0.29) is 5.41 Å². The summed E-state index contributed by atoms with van der Waals surface area (Å²) in [6, 6.07) is 8.42. The van der Waals surface area contributed by atoms with E-state index in [2.05, 4.69) is 52.9 Å². The zero-order valence-corrected chi connectivity index (χ0v) is 24.5. The van der Waals surface area contributed by atoms with Crippen molar-refractivity contribution in [3.05, 3.63) is 29.8 Å². The van der Waals surface area contributed by atoms with Gasteiger partial charge in [0.1, 0.15) is 16.2 Å². The fourth-order valence-electron chi connectivity index (χ4n) is 3.08. The third kappa shape index (κ3) is 15.1. The Kier molecular flexibility index (Phi) is 15.5. The van der Waals surface area contributed by atoms with Gasteiger partial charge < -0.3 is 17.8 Å². The van der Waals surface area contributed by atoms with Crippen molar-refractivity contribution in [1.29, 1.82) is 0 Å². The molecule has 1 aromatic carbocycles. The minimum Gasteiger partial charge on any atom is -0.511 e. The molecule has 2 unspecified atom stereocenters. The molecular formula is C22H44O5Si3. The maximum Gasteiger partial charge on any atom is 0.770 e. The molecular weight excluding hydrogens is 428 g/mol. The van der Waals surface area contributed by atoms with Gasteiger partial charge in [0, 0.05) is 6.10 Å². The molecule has 0 aliphatic heterocycles. The molecule has 8 heteroatoms. The molecule has 0 aliphatic carbocycles. The molecule has 0 spiro atoms. The molecule has 1 aromatic rings. The second kappa shape index (κ2) is 15.9. The predicted octanol–water partition coefficient (Wildman–Crippen LogP) is 4.31. The van der Waals surface area contributed by atoms with Crippen LogP contribution < -0.4 is 4.43 Å². The van der Waals surface area contributed by atoms with Gasteiger partial charge in [-0.25, -0.2) is 0 Å². The highest BCUT2D eigenvalue weighted by atomic mass is 28.3. The highest BCUT2D eigenvalue weighted by Crippen LogP contribution is 2.24. The number of hydrogen-bond acceptors (Lipinski definition) is 4. The van der Waals surface area contributed by atoms with Crippen molar-refractivity contribution < 1.29 is 22.2 Å². The van der Waals surface area contributed by atoms with Crippen molar-refractivity contribution in [2.75, 3.05) is 0 Å². The maximum absolute atomic E-state index is 10.4. The van der Waals surface area contributed by atoms with Crippen molar-refractivity contribution in [2.24, 2.45) is 5.92 Å². The van der Waals surface area contributed by atoms with E-state index in [9.17, 15) is 4.46 Å². The van der Waals surface area contributed by atoms with Crippen molar-refractivity contribution in [2.45, 2.75) is 98.1 Å². The topological polar surface area (TPSA) is 65.0 Å². The number of benzene rings is 1. The maximum atomic E-state index is 10.4. The molecule has 0 heterocycles. The Morgan fingerprint density at radius 3 is 2.13 bits per heavy atom. The first kappa shape index (κ1) is 29.2. The van der Waals surface area contributed by atoms with Crippen molar-refractivity contribution in [3.8, 4) is 5.75 Å². The molecule has 174 valence electrons. The van der Waals surface area contributed by atoms with E-state index in [1.165, 1.54) is 37.3 Å². The molecule has 0 bridgehead atoms. The normalized spacial score (nSPS) is 13.5. The molecule has 0 saturated carbocycles. The Balaban J connectivity index is 0.000000564. The van der Waals surface area contributed by atoms with Crippen LogP contribution in [0.4, 0.5) is 0 Å². The fourth-order valence-corrected chi connectivity index (χ4v) is 6.19. The summed E-state index contributed by atoms with van der Waals surface area (Å²) in [5, 5.41) is 0. The lowest BCUT2D eigenvalue weighted by Gasteiger charge is -2.21. The lowest BCUT2D eigenvalue weighted by Crippen LogP contribution is -2.27. The summed E-state index contributed by atoms with van der Waals surface area (Å²) in [5.74, 6) is 1.16. The standard InChI is InChI=1S/C12H30O2Si2.C10H14O3Si/c1-5-6-7-8-9-16(14-15)13-12(4)10-11(2)3;1-10(2,3)8-4-6-9(7-5-8)13-14(11)12/h11-12,16H,5-10H2,1-4,15H3;4-7,11H,1-3H3. The lowest BCUT2D eigenvalue weighted by molar-refractivity contribution is 0.164. The molecule has 30 heavy (non-hydrogen) atoms. The number of rotatable bonds is 12. The van der Waals surface area contributed by atoms with E-state index >= 15 is 0 Å². The molecule has 0 saturated heterocycles. The molecule has 1 rings (SSSR count). The van der Waals surface area contributed by atoms with Gasteiger partial charge in [-0.1, -0.05) is 79.4 Å². The van der Waals surface area contributed by atoms with Crippen LogP contribution in [0, 0.1) is 5.92 Å². The van der Waals surface area contributed by atoms with Crippen molar-refractivity contribution in [3.63, 3.8) is 0 Å². The van der Waals surface area contributed by atoms with Gasteiger partial charge in [0.25, 0.3) is 0 Å². The van der Waals surface area contributed by atoms with Crippen LogP contribution in [-0.4, -0.2) is 39.8 Å². The Hall–Kier alpha value is -0.809. The minimum atomic E-state index is -2.88. The van der Waals surface area contributed by atoms with Crippen molar-refractivity contribution >= 4 is 28.9 Å². The van der Waals surface area contributed by atoms with Crippen LogP contribution in [0.15, 0.2) is 24.3 Å². The molecule has 5 nitrogen and oxygen atoms in total. The third-order valence-electron chi connectivity index (χ3n) is 4.67. The van der Waals surface area contributed by atoms with E-state index in [1.54, 1.807) is 12.1 Å². The van der Waals surface area contributed by atoms with Gasteiger partial charge in [-0.3, -0.25) is 4.46 Å². The quantitative estimate of drug-likeness (QED) is 0.363. The SMILES string of the molecule is CC(C)(C)c1ccc(O[Si](=O)O)cc1.CCCCCC[SiH](O[SiH3])OC(C)CC(C)C. The average molecular weight is 473 g/mol. The second-order valence-electron chi connectivity index (χ2n) is 9.23. The zero-order chi connectivity index (χ0) is 23.2. The van der Waals surface area contributed by atoms with E-state index in [0.29, 0.717) is 11.9 Å². The van der Waals surface area contributed by atoms with Crippen LogP contribution in [0.5, 0.6) is 5.75 Å². The van der Waals surface area contributed by atoms with Crippen molar-refractivity contribution in [1.82, 2.24) is 0 Å². The van der Waals surface area contributed by atoms with Gasteiger partial charge in [-0.05, 0) is 48.4 Å². The summed E-state index contributed by atoms with van der Waals surface area (Å²) in [4.78, 5) is 8.56. The highest BCUT2D eigenvalue weighted by Gasteiger charge is 2.16. The van der Waals surface area contributed by atoms with E-state index < -0.39 is 18.5 Å². The lowest BCUT2D eigenvalue weighted by atomic mass is 9.87. The number of hydrogen-bond donors (Lipinski definition) is 1. The van der Waals surface area contributed by atoms with Crippen LogP contribution in [0.1, 0.15) is 86.1 Å². The van der Waals surface area contributed by atoms with Gasteiger partial charge in [0.05, 0.1) is 0 Å². The molecule has 0 fully saturated rings. The summed E-state index contributed by atoms with van der Waals surface area (Å²) >= 11 is 0. The summed E-state index contributed by atoms with van der Waals surface area (Å²) in [5.41, 5.74) is 1.26. The molecule has 2 atom stereocenters. The summed E-state index contributed by atoms with van der Waals surface area (Å²) in [7, 11) is -3.36. The van der Waals surface area contributed by atoms with Crippen LogP contribution >= 0.6 is 0 Å². The first-order valence-electron chi connectivity index (χ1n) is 11.2. The first-order chi connectivity index (χ1) is 14.0. The Morgan fingerprint density at radius 2 is 1.70 bits per heavy atom. The van der Waals surface area contributed by atoms with Crippen LogP contribution in [0.3, 0.4) is 0 Å². The van der Waals surface area contributed by atoms with Gasteiger partial charge in [-0.15, -0.1) is 0 Å². The number of unbranched alkanes of at least 4 members (excludes halogenated alkanes) is 3. The van der Waals surface area contributed by atoms with Crippen LogP contribution in [0.25, 0.3) is 0 Å². The molecule has 0 amide bonds. The van der Waals surface area contributed by atoms with E-state index in [1.807, 2.05) is 12.1 Å². The monoisotopic (exact) mass is 472 g/mol. The second-order valence-corrected chi connectivity index (χ2v) is 13.6. The Bertz CT molecular complexity index is 573. The van der Waals surface area contributed by atoms with Crippen LogP contribution in [0.2, 0.25) is 6.04 Å². The summed E-state index contributed by atoms with van der Waals surface area (Å²) in [6.45, 7) is 15.3. The summed E-state index contributed by atoms with van der Waals surface area (Å²) in [6.07, 6.45) is 6.83. The van der Waals surface area contributed by atoms with Gasteiger partial charge in [0.2, 0.25) is 0 Å². The van der Waals surface area contributed by atoms with Crippen LogP contribution in [-0.2, 0) is 18.4 Å². The largest absolute Gasteiger partial charge is 0.770 e. The third-order valence-corrected chi connectivity index (χ3v) is 8.83. The predicted molar refractivity (Wildman–Crippen MR) is 132 cm³/mol. The Morgan fingerprint density at radius 1 is 1.10 bits per heavy atom. The van der Waals surface area contributed by atoms with E-state index in [4.69, 9.17) is 13.3 Å². The van der Waals surface area contributed by atoms with Gasteiger partial charge in [0.15, 0.2) is 0 Å². The minimum absolute atomic E-state index is 0.0863. The molecule has 1 N–H and O–H groups in total. The molecule has 0 radical (unpaired) electrons. The first-order valence-corrected chi connectivity index (χ1v) is 15.0. The zero-order valence-electron chi connectivity index (χ0n) is 20.4. The molecule has 0 aliphatic rings. The smallest absolute Gasteiger partial charge is 0.511 e. The Labute approximate surface area is 190 Å². The van der Waals surface area contributed by atoms with E-state index in [0.717, 1.165) is 22.8 Å². The summed E-state index contributed by atoms with van der Waals surface area (Å²) < 4.78 is 26.8. The highest BCUT2D eigenvalue weighted by molar-refractivity contribution is 6.48. The van der Waals surface area contributed by atoms with Gasteiger partial charge in [-0.2, -0.15) is 0 Å².